The Morgan fingerprint density at radius 2 is 2.14 bits per heavy atom. The molecule has 0 spiro atoms. The Balaban J connectivity index is 2.94. The third kappa shape index (κ3) is 4.83. The fraction of sp³-hybridized carbons (Fsp3) is 0.500. The van der Waals surface area contributed by atoms with E-state index in [1.54, 1.807) is 0 Å². The van der Waals surface area contributed by atoms with Crippen LogP contribution in [0, 0.1) is 0 Å². The SMILES string of the molecule is CCCNc1ncc(S(=O)(=O)NC(C)C(=O)NC)cc1Cl. The number of pyridine rings is 1. The van der Waals surface area contributed by atoms with Gasteiger partial charge in [-0.1, -0.05) is 18.5 Å². The summed E-state index contributed by atoms with van der Waals surface area (Å²) in [6.45, 7) is 4.12. The summed E-state index contributed by atoms with van der Waals surface area (Å²) >= 11 is 6.00. The number of hydrogen-bond acceptors (Lipinski definition) is 5. The molecular formula is C12H19ClN4O3S. The lowest BCUT2D eigenvalue weighted by atomic mass is 10.3. The van der Waals surface area contributed by atoms with Gasteiger partial charge in [-0.25, -0.2) is 13.4 Å². The molecule has 1 rings (SSSR count). The largest absolute Gasteiger partial charge is 0.369 e. The standard InChI is InChI=1S/C12H19ClN4O3S/c1-4-5-15-11-10(13)6-9(7-16-11)21(19,20)17-8(2)12(18)14-3/h6-8,17H,4-5H2,1-3H3,(H,14,18)(H,15,16). The molecule has 1 aromatic rings. The molecule has 0 aromatic carbocycles. The summed E-state index contributed by atoms with van der Waals surface area (Å²) in [5.74, 6) is -0.00400. The fourth-order valence-corrected chi connectivity index (χ4v) is 2.98. The van der Waals surface area contributed by atoms with Crippen LogP contribution in [0.25, 0.3) is 0 Å². The summed E-state index contributed by atoms with van der Waals surface area (Å²) in [5.41, 5.74) is 0. The van der Waals surface area contributed by atoms with Crippen molar-refractivity contribution in [2.45, 2.75) is 31.2 Å². The zero-order valence-corrected chi connectivity index (χ0v) is 13.7. The third-order valence-corrected chi connectivity index (χ3v) is 4.44. The van der Waals surface area contributed by atoms with E-state index >= 15 is 0 Å². The van der Waals surface area contributed by atoms with Crippen molar-refractivity contribution in [1.82, 2.24) is 15.0 Å². The molecule has 1 heterocycles. The van der Waals surface area contributed by atoms with Crippen molar-refractivity contribution in [3.63, 3.8) is 0 Å². The Morgan fingerprint density at radius 3 is 2.67 bits per heavy atom. The molecule has 1 amide bonds. The van der Waals surface area contributed by atoms with Crippen LogP contribution in [0.5, 0.6) is 0 Å². The number of carbonyl (C=O) groups is 1. The van der Waals surface area contributed by atoms with Gasteiger partial charge in [0.25, 0.3) is 0 Å². The van der Waals surface area contributed by atoms with Crippen molar-refractivity contribution < 1.29 is 13.2 Å². The maximum atomic E-state index is 12.1. The van der Waals surface area contributed by atoms with E-state index in [1.165, 1.54) is 26.2 Å². The van der Waals surface area contributed by atoms with E-state index in [1.807, 2.05) is 6.92 Å². The van der Waals surface area contributed by atoms with Gasteiger partial charge in [0, 0.05) is 19.8 Å². The Hall–Kier alpha value is -1.38. The first-order valence-corrected chi connectivity index (χ1v) is 8.31. The van der Waals surface area contributed by atoms with Gasteiger partial charge in [0.1, 0.15) is 10.7 Å². The van der Waals surface area contributed by atoms with Gasteiger partial charge in [-0.15, -0.1) is 0 Å². The number of halogens is 1. The number of nitrogens with zero attached hydrogens (tertiary/aromatic N) is 1. The highest BCUT2D eigenvalue weighted by Crippen LogP contribution is 2.22. The molecule has 1 aromatic heterocycles. The first kappa shape index (κ1) is 17.7. The minimum absolute atomic E-state index is 0.0923. The number of rotatable bonds is 7. The second-order valence-electron chi connectivity index (χ2n) is 4.39. The molecule has 118 valence electrons. The van der Waals surface area contributed by atoms with Crippen LogP contribution < -0.4 is 15.4 Å². The highest BCUT2D eigenvalue weighted by Gasteiger charge is 2.22. The van der Waals surface area contributed by atoms with Crippen LogP contribution >= 0.6 is 11.6 Å². The molecule has 0 saturated heterocycles. The molecule has 9 heteroatoms. The van der Waals surface area contributed by atoms with Gasteiger partial charge >= 0.3 is 0 Å². The molecule has 0 aliphatic heterocycles. The van der Waals surface area contributed by atoms with Crippen LogP contribution in [0.3, 0.4) is 0 Å². The van der Waals surface area contributed by atoms with Crippen molar-refractivity contribution in [1.29, 1.82) is 0 Å². The zero-order valence-electron chi connectivity index (χ0n) is 12.1. The summed E-state index contributed by atoms with van der Waals surface area (Å²) in [4.78, 5) is 15.3. The Kier molecular flexibility index (Phi) is 6.38. The van der Waals surface area contributed by atoms with Crippen molar-refractivity contribution in [2.24, 2.45) is 0 Å². The lowest BCUT2D eigenvalue weighted by Gasteiger charge is -2.13. The molecular weight excluding hydrogens is 316 g/mol. The van der Waals surface area contributed by atoms with Crippen LogP contribution in [0.4, 0.5) is 5.82 Å². The molecule has 21 heavy (non-hydrogen) atoms. The van der Waals surface area contributed by atoms with Crippen molar-refractivity contribution in [3.8, 4) is 0 Å². The van der Waals surface area contributed by atoms with Gasteiger partial charge in [0.15, 0.2) is 0 Å². The minimum Gasteiger partial charge on any atom is -0.369 e. The molecule has 0 bridgehead atoms. The molecule has 3 N–H and O–H groups in total. The summed E-state index contributed by atoms with van der Waals surface area (Å²) in [7, 11) is -2.43. The minimum atomic E-state index is -3.86. The predicted molar refractivity (Wildman–Crippen MR) is 81.9 cm³/mol. The predicted octanol–water partition coefficient (Wildman–Crippen LogP) is 0.970. The Labute approximate surface area is 129 Å². The van der Waals surface area contributed by atoms with Crippen molar-refractivity contribution >= 4 is 33.3 Å². The van der Waals surface area contributed by atoms with E-state index < -0.39 is 22.0 Å². The van der Waals surface area contributed by atoms with Crippen LogP contribution in [0.1, 0.15) is 20.3 Å². The van der Waals surface area contributed by atoms with E-state index in [4.69, 9.17) is 11.6 Å². The van der Waals surface area contributed by atoms with Gasteiger partial charge in [-0.3, -0.25) is 4.79 Å². The summed E-state index contributed by atoms with van der Waals surface area (Å²) in [5, 5.41) is 5.56. The maximum absolute atomic E-state index is 12.1. The van der Waals surface area contributed by atoms with Gasteiger partial charge in [0.05, 0.1) is 11.1 Å². The topological polar surface area (TPSA) is 100 Å². The van der Waals surface area contributed by atoms with Gasteiger partial charge in [-0.05, 0) is 19.4 Å². The molecule has 0 fully saturated rings. The van der Waals surface area contributed by atoms with E-state index in [2.05, 4.69) is 20.3 Å². The van der Waals surface area contributed by atoms with Crippen LogP contribution in [0.2, 0.25) is 5.02 Å². The molecule has 1 unspecified atom stereocenters. The number of likely N-dealkylation sites (N-methyl/N-ethyl adjacent to an activating group) is 1. The second-order valence-corrected chi connectivity index (χ2v) is 6.51. The number of carbonyl (C=O) groups excluding carboxylic acids is 1. The van der Waals surface area contributed by atoms with E-state index in [0.717, 1.165) is 6.42 Å². The monoisotopic (exact) mass is 334 g/mol. The molecule has 1 atom stereocenters. The van der Waals surface area contributed by atoms with Gasteiger partial charge in [0.2, 0.25) is 15.9 Å². The smallest absolute Gasteiger partial charge is 0.242 e. The van der Waals surface area contributed by atoms with Gasteiger partial charge in [-0.2, -0.15) is 4.72 Å². The Bertz CT molecular complexity index is 607. The fourth-order valence-electron chi connectivity index (χ4n) is 1.51. The molecule has 0 saturated carbocycles. The molecule has 7 nitrogen and oxygen atoms in total. The van der Waals surface area contributed by atoms with Gasteiger partial charge < -0.3 is 10.6 Å². The van der Waals surface area contributed by atoms with E-state index in [0.29, 0.717) is 12.4 Å². The molecule has 0 radical (unpaired) electrons. The average molecular weight is 335 g/mol. The number of anilines is 1. The Morgan fingerprint density at radius 1 is 1.48 bits per heavy atom. The first-order valence-electron chi connectivity index (χ1n) is 6.45. The summed E-state index contributed by atoms with van der Waals surface area (Å²) in [6, 6.07) is 0.405. The van der Waals surface area contributed by atoms with E-state index in [-0.39, 0.29) is 9.92 Å². The number of sulfonamides is 1. The van der Waals surface area contributed by atoms with Crippen LogP contribution in [-0.2, 0) is 14.8 Å². The lowest BCUT2D eigenvalue weighted by molar-refractivity contribution is -0.121. The number of aromatic nitrogens is 1. The number of hydrogen-bond donors (Lipinski definition) is 3. The highest BCUT2D eigenvalue weighted by molar-refractivity contribution is 7.89. The van der Waals surface area contributed by atoms with E-state index in [9.17, 15) is 13.2 Å². The first-order chi connectivity index (χ1) is 9.81. The highest BCUT2D eigenvalue weighted by atomic mass is 35.5. The number of amides is 1. The normalized spacial score (nSPS) is 12.8. The second kappa shape index (κ2) is 7.58. The van der Waals surface area contributed by atoms with Crippen LogP contribution in [-0.4, -0.2) is 38.9 Å². The van der Waals surface area contributed by atoms with Crippen LogP contribution in [0.15, 0.2) is 17.2 Å². The average Bonchev–Trinajstić information content (AvgIpc) is 2.44. The zero-order chi connectivity index (χ0) is 16.0. The van der Waals surface area contributed by atoms with Crippen molar-refractivity contribution in [3.05, 3.63) is 17.3 Å². The third-order valence-electron chi connectivity index (χ3n) is 2.64. The molecule has 0 aliphatic rings. The van der Waals surface area contributed by atoms with Crippen molar-refractivity contribution in [2.75, 3.05) is 18.9 Å². The summed E-state index contributed by atoms with van der Waals surface area (Å²) < 4.78 is 26.5. The molecule has 0 aliphatic carbocycles. The number of nitrogens with one attached hydrogen (secondary N) is 3. The maximum Gasteiger partial charge on any atom is 0.242 e. The summed E-state index contributed by atoms with van der Waals surface area (Å²) in [6.07, 6.45) is 2.09. The lowest BCUT2D eigenvalue weighted by Crippen LogP contribution is -2.43. The quantitative estimate of drug-likeness (QED) is 0.690.